The molecule has 0 atom stereocenters. The normalized spacial score (nSPS) is 11.5. The summed E-state index contributed by atoms with van der Waals surface area (Å²) in [4.78, 5) is 4.42. The molecule has 2 aromatic rings. The van der Waals surface area contributed by atoms with Gasteiger partial charge in [0.1, 0.15) is 5.82 Å². The van der Waals surface area contributed by atoms with Crippen molar-refractivity contribution in [3.63, 3.8) is 0 Å². The highest BCUT2D eigenvalue weighted by molar-refractivity contribution is 6.31. The van der Waals surface area contributed by atoms with Gasteiger partial charge >= 0.3 is 0 Å². The Kier molecular flexibility index (Phi) is 5.42. The van der Waals surface area contributed by atoms with Crippen molar-refractivity contribution in [1.82, 2.24) is 24.6 Å². The largest absolute Gasteiger partial charge is 0.328 e. The third-order valence-electron chi connectivity index (χ3n) is 3.48. The van der Waals surface area contributed by atoms with Gasteiger partial charge in [0.25, 0.3) is 0 Å². The SMILES string of the molecule is CCc1nn(CC)c(Cn2ccnc2CNC(C)C)c1Cl. The van der Waals surface area contributed by atoms with E-state index < -0.39 is 0 Å². The summed E-state index contributed by atoms with van der Waals surface area (Å²) in [5.41, 5.74) is 2.02. The van der Waals surface area contributed by atoms with Crippen LogP contribution in [0.2, 0.25) is 5.02 Å². The smallest absolute Gasteiger partial charge is 0.123 e. The molecule has 2 rings (SSSR count). The van der Waals surface area contributed by atoms with Crippen molar-refractivity contribution >= 4 is 11.6 Å². The summed E-state index contributed by atoms with van der Waals surface area (Å²) in [6.45, 7) is 10.7. The molecule has 0 fully saturated rings. The number of imidazole rings is 1. The molecule has 0 unspecified atom stereocenters. The Morgan fingerprint density at radius 1 is 1.33 bits per heavy atom. The van der Waals surface area contributed by atoms with E-state index in [1.807, 2.05) is 17.1 Å². The van der Waals surface area contributed by atoms with Crippen LogP contribution >= 0.6 is 11.6 Å². The highest BCUT2D eigenvalue weighted by Gasteiger charge is 2.15. The van der Waals surface area contributed by atoms with Crippen molar-refractivity contribution in [3.05, 3.63) is 34.6 Å². The molecule has 0 aromatic carbocycles. The van der Waals surface area contributed by atoms with Crippen LogP contribution in [0.4, 0.5) is 0 Å². The minimum absolute atomic E-state index is 0.437. The van der Waals surface area contributed by atoms with Gasteiger partial charge in [0.05, 0.1) is 29.5 Å². The molecule has 0 aliphatic rings. The molecule has 0 amide bonds. The van der Waals surface area contributed by atoms with Crippen LogP contribution in [-0.2, 0) is 26.1 Å². The number of hydrogen-bond acceptors (Lipinski definition) is 3. The zero-order chi connectivity index (χ0) is 15.4. The zero-order valence-corrected chi connectivity index (χ0v) is 14.0. The molecule has 2 heterocycles. The molecule has 0 aliphatic heterocycles. The molecular weight excluding hydrogens is 286 g/mol. The highest BCUT2D eigenvalue weighted by Crippen LogP contribution is 2.22. The summed E-state index contributed by atoms with van der Waals surface area (Å²) in [5.74, 6) is 1.02. The van der Waals surface area contributed by atoms with E-state index in [1.165, 1.54) is 0 Å². The summed E-state index contributed by atoms with van der Waals surface area (Å²) < 4.78 is 4.12. The third-order valence-corrected chi connectivity index (χ3v) is 3.92. The van der Waals surface area contributed by atoms with Crippen LogP contribution in [0, 0.1) is 0 Å². The van der Waals surface area contributed by atoms with E-state index in [9.17, 15) is 0 Å². The molecule has 2 aromatic heterocycles. The molecule has 1 N–H and O–H groups in total. The predicted molar refractivity (Wildman–Crippen MR) is 85.6 cm³/mol. The number of nitrogens with one attached hydrogen (secondary N) is 1. The van der Waals surface area contributed by atoms with E-state index in [1.54, 1.807) is 0 Å². The Hall–Kier alpha value is -1.33. The van der Waals surface area contributed by atoms with Crippen LogP contribution in [0.1, 0.15) is 44.9 Å². The predicted octanol–water partition coefficient (Wildman–Crippen LogP) is 2.86. The maximum absolute atomic E-state index is 6.47. The van der Waals surface area contributed by atoms with Gasteiger partial charge in [0.15, 0.2) is 0 Å². The first kappa shape index (κ1) is 16.0. The van der Waals surface area contributed by atoms with E-state index in [-0.39, 0.29) is 0 Å². The molecule has 6 heteroatoms. The Morgan fingerprint density at radius 2 is 2.10 bits per heavy atom. The van der Waals surface area contributed by atoms with E-state index in [2.05, 4.69) is 47.7 Å². The minimum Gasteiger partial charge on any atom is -0.328 e. The Morgan fingerprint density at radius 3 is 2.71 bits per heavy atom. The summed E-state index contributed by atoms with van der Waals surface area (Å²) in [6.07, 6.45) is 4.68. The molecule has 5 nitrogen and oxygen atoms in total. The van der Waals surface area contributed by atoms with Gasteiger partial charge in [-0.2, -0.15) is 5.10 Å². The Balaban J connectivity index is 2.22. The van der Waals surface area contributed by atoms with Crippen molar-refractivity contribution in [2.45, 2.75) is 59.8 Å². The van der Waals surface area contributed by atoms with Gasteiger partial charge in [-0.15, -0.1) is 0 Å². The van der Waals surface area contributed by atoms with Crippen LogP contribution in [-0.4, -0.2) is 25.4 Å². The zero-order valence-electron chi connectivity index (χ0n) is 13.2. The van der Waals surface area contributed by atoms with Crippen LogP contribution in [0.15, 0.2) is 12.4 Å². The average Bonchev–Trinajstić information content (AvgIpc) is 3.02. The standard InChI is InChI=1S/C15H24ClN5/c1-5-12-15(16)13(21(6-2)19-12)10-20-8-7-17-14(20)9-18-11(3)4/h7-8,11,18H,5-6,9-10H2,1-4H3. The fraction of sp³-hybridized carbons (Fsp3) is 0.600. The van der Waals surface area contributed by atoms with Crippen molar-refractivity contribution < 1.29 is 0 Å². The first-order chi connectivity index (χ1) is 10.1. The Labute approximate surface area is 131 Å². The van der Waals surface area contributed by atoms with Gasteiger partial charge in [-0.3, -0.25) is 4.68 Å². The van der Waals surface area contributed by atoms with E-state index in [0.717, 1.165) is 41.7 Å². The molecular formula is C15H24ClN5. The lowest BCUT2D eigenvalue weighted by atomic mass is 10.3. The second-order valence-corrected chi connectivity index (χ2v) is 5.76. The number of aromatic nitrogens is 4. The van der Waals surface area contributed by atoms with Crippen molar-refractivity contribution in [1.29, 1.82) is 0 Å². The second-order valence-electron chi connectivity index (χ2n) is 5.38. The molecule has 0 spiro atoms. The summed E-state index contributed by atoms with van der Waals surface area (Å²) in [6, 6.07) is 0.437. The molecule has 0 saturated heterocycles. The molecule has 116 valence electrons. The average molecular weight is 310 g/mol. The lowest BCUT2D eigenvalue weighted by Gasteiger charge is -2.12. The van der Waals surface area contributed by atoms with Crippen molar-refractivity contribution in [3.8, 4) is 0 Å². The third kappa shape index (κ3) is 3.66. The summed E-state index contributed by atoms with van der Waals surface area (Å²) in [7, 11) is 0. The van der Waals surface area contributed by atoms with Gasteiger partial charge in [-0.1, -0.05) is 32.4 Å². The molecule has 0 bridgehead atoms. The monoisotopic (exact) mass is 309 g/mol. The minimum atomic E-state index is 0.437. The second kappa shape index (κ2) is 7.09. The molecule has 21 heavy (non-hydrogen) atoms. The topological polar surface area (TPSA) is 47.7 Å². The maximum atomic E-state index is 6.47. The number of rotatable bonds is 7. The van der Waals surface area contributed by atoms with Crippen LogP contribution < -0.4 is 5.32 Å². The van der Waals surface area contributed by atoms with Gasteiger partial charge in [0.2, 0.25) is 0 Å². The quantitative estimate of drug-likeness (QED) is 0.855. The molecule has 0 aliphatic carbocycles. The fourth-order valence-corrected chi connectivity index (χ4v) is 2.61. The maximum Gasteiger partial charge on any atom is 0.123 e. The van der Waals surface area contributed by atoms with E-state index in [0.29, 0.717) is 12.6 Å². The molecule has 0 radical (unpaired) electrons. The first-order valence-corrected chi connectivity index (χ1v) is 7.92. The molecule has 0 saturated carbocycles. The highest BCUT2D eigenvalue weighted by atomic mass is 35.5. The summed E-state index contributed by atoms with van der Waals surface area (Å²) >= 11 is 6.47. The Bertz CT molecular complexity index is 585. The number of aryl methyl sites for hydroxylation is 2. The van der Waals surface area contributed by atoms with Crippen LogP contribution in [0.3, 0.4) is 0 Å². The van der Waals surface area contributed by atoms with Crippen LogP contribution in [0.25, 0.3) is 0 Å². The van der Waals surface area contributed by atoms with Gasteiger partial charge in [-0.05, 0) is 13.3 Å². The van der Waals surface area contributed by atoms with E-state index in [4.69, 9.17) is 11.6 Å². The first-order valence-electron chi connectivity index (χ1n) is 7.54. The fourth-order valence-electron chi connectivity index (χ4n) is 2.28. The van der Waals surface area contributed by atoms with Gasteiger partial charge < -0.3 is 9.88 Å². The van der Waals surface area contributed by atoms with Crippen molar-refractivity contribution in [2.75, 3.05) is 0 Å². The number of halogens is 1. The lowest BCUT2D eigenvalue weighted by Crippen LogP contribution is -2.24. The summed E-state index contributed by atoms with van der Waals surface area (Å²) in [5, 5.41) is 8.75. The number of nitrogens with zero attached hydrogens (tertiary/aromatic N) is 4. The van der Waals surface area contributed by atoms with Crippen molar-refractivity contribution in [2.24, 2.45) is 0 Å². The van der Waals surface area contributed by atoms with Gasteiger partial charge in [0, 0.05) is 25.0 Å². The van der Waals surface area contributed by atoms with Gasteiger partial charge in [-0.25, -0.2) is 4.98 Å². The van der Waals surface area contributed by atoms with Crippen LogP contribution in [0.5, 0.6) is 0 Å². The number of hydrogen-bond donors (Lipinski definition) is 1. The lowest BCUT2D eigenvalue weighted by molar-refractivity contribution is 0.542. The van der Waals surface area contributed by atoms with E-state index >= 15 is 0 Å².